The highest BCUT2D eigenvalue weighted by atomic mass is 32.2. The maximum atomic E-state index is 13.0. The number of hydrogen-bond acceptors (Lipinski definition) is 5. The molecule has 0 aromatic heterocycles. The number of carbonyl (C=O) groups is 1. The van der Waals surface area contributed by atoms with E-state index in [-0.39, 0.29) is 6.09 Å². The number of nitrogens with zero attached hydrogens (tertiary/aromatic N) is 2. The summed E-state index contributed by atoms with van der Waals surface area (Å²) in [5.41, 5.74) is 5.70. The minimum absolute atomic E-state index is 0.300. The van der Waals surface area contributed by atoms with Crippen LogP contribution in [0, 0.1) is 5.92 Å². The van der Waals surface area contributed by atoms with Crippen molar-refractivity contribution in [2.45, 2.75) is 103 Å². The van der Waals surface area contributed by atoms with Crippen molar-refractivity contribution in [3.8, 4) is 0 Å². The van der Waals surface area contributed by atoms with E-state index in [1.165, 1.54) is 12.8 Å². The topological polar surface area (TPSA) is 87.9 Å². The van der Waals surface area contributed by atoms with Crippen LogP contribution in [0.3, 0.4) is 0 Å². The molecule has 3 heterocycles. The Bertz CT molecular complexity index is 562. The fourth-order valence-corrected chi connectivity index (χ4v) is 6.94. The normalized spacial score (nSPS) is 28.5. The van der Waals surface area contributed by atoms with Crippen LogP contribution >= 0.6 is 0 Å². The van der Waals surface area contributed by atoms with Gasteiger partial charge in [0, 0.05) is 30.4 Å². The van der Waals surface area contributed by atoms with Crippen LogP contribution in [0.2, 0.25) is 0 Å². The first-order chi connectivity index (χ1) is 14.7. The molecular formula is C23H46N4O3S. The second kappa shape index (κ2) is 12.5. The molecule has 3 fully saturated rings. The molecule has 31 heavy (non-hydrogen) atoms. The van der Waals surface area contributed by atoms with Gasteiger partial charge < -0.3 is 20.7 Å². The van der Waals surface area contributed by atoms with Gasteiger partial charge in [0.25, 0.3) is 0 Å². The van der Waals surface area contributed by atoms with Crippen molar-refractivity contribution < 1.29 is 13.7 Å². The molecule has 3 N–H and O–H groups in total. The Labute approximate surface area is 192 Å². The summed E-state index contributed by atoms with van der Waals surface area (Å²) in [6, 6.07) is 1.19. The molecule has 1 amide bonds. The van der Waals surface area contributed by atoms with Crippen molar-refractivity contribution >= 4 is 17.1 Å². The molecule has 4 atom stereocenters. The van der Waals surface area contributed by atoms with Gasteiger partial charge in [-0.15, -0.1) is 0 Å². The second-order valence-electron chi connectivity index (χ2n) is 10.0. The van der Waals surface area contributed by atoms with E-state index >= 15 is 0 Å². The largest absolute Gasteiger partial charge is 0.444 e. The third-order valence-corrected chi connectivity index (χ3v) is 8.17. The number of piperidine rings is 2. The zero-order valence-electron chi connectivity index (χ0n) is 20.4. The molecule has 182 valence electrons. The first-order valence-electron chi connectivity index (χ1n) is 12.3. The molecule has 3 saturated heterocycles. The number of alkyl carbamates (subject to hydrolysis) is 1. The summed E-state index contributed by atoms with van der Waals surface area (Å²) in [5, 5.41) is 2.82. The number of carbonyl (C=O) groups excluding carboxylic acids is 1. The lowest BCUT2D eigenvalue weighted by Crippen LogP contribution is -2.49. The Kier molecular flexibility index (Phi) is 10.7. The van der Waals surface area contributed by atoms with Crippen LogP contribution < -0.4 is 11.1 Å². The number of hydrogen-bond donors (Lipinski definition) is 2. The SMILES string of the molecule is CC.CC(C)(C)OC(=O)NCCCN1CCC(CS(=O)N2[C@@H]3CC[C@H]2CC(N)C3)CC1. The van der Waals surface area contributed by atoms with Gasteiger partial charge in [0.15, 0.2) is 0 Å². The first-order valence-corrected chi connectivity index (χ1v) is 13.6. The molecule has 3 rings (SSSR count). The van der Waals surface area contributed by atoms with Gasteiger partial charge >= 0.3 is 6.09 Å². The minimum Gasteiger partial charge on any atom is -0.444 e. The average Bonchev–Trinajstić information content (AvgIpc) is 2.98. The molecule has 8 heteroatoms. The van der Waals surface area contributed by atoms with E-state index in [0.29, 0.717) is 30.6 Å². The summed E-state index contributed by atoms with van der Waals surface area (Å²) in [6.07, 6.45) is 7.18. The highest BCUT2D eigenvalue weighted by Gasteiger charge is 2.43. The number of ether oxygens (including phenoxy) is 1. The molecule has 2 bridgehead atoms. The molecule has 0 aromatic rings. The Hall–Kier alpha value is -0.700. The molecular weight excluding hydrogens is 412 g/mol. The van der Waals surface area contributed by atoms with Gasteiger partial charge in [-0.05, 0) is 91.3 Å². The van der Waals surface area contributed by atoms with Crippen molar-refractivity contribution in [3.05, 3.63) is 0 Å². The van der Waals surface area contributed by atoms with Crippen molar-refractivity contribution in [2.24, 2.45) is 11.7 Å². The van der Waals surface area contributed by atoms with E-state index in [2.05, 4.69) is 14.5 Å². The highest BCUT2D eigenvalue weighted by molar-refractivity contribution is 7.82. The molecule has 3 aliphatic heterocycles. The molecule has 0 spiro atoms. The van der Waals surface area contributed by atoms with Gasteiger partial charge in [0.1, 0.15) is 5.60 Å². The highest BCUT2D eigenvalue weighted by Crippen LogP contribution is 2.37. The summed E-state index contributed by atoms with van der Waals surface area (Å²) in [5.74, 6) is 1.37. The van der Waals surface area contributed by atoms with Gasteiger partial charge in [0.2, 0.25) is 0 Å². The molecule has 7 nitrogen and oxygen atoms in total. The van der Waals surface area contributed by atoms with Crippen LogP contribution in [0.15, 0.2) is 0 Å². The molecule has 0 aromatic carbocycles. The van der Waals surface area contributed by atoms with Crippen molar-refractivity contribution in [3.63, 3.8) is 0 Å². The number of amides is 1. The third-order valence-electron chi connectivity index (χ3n) is 6.34. The van der Waals surface area contributed by atoms with E-state index in [4.69, 9.17) is 10.5 Å². The van der Waals surface area contributed by atoms with Crippen LogP contribution in [0.5, 0.6) is 0 Å². The number of fused-ring (bicyclic) bond motifs is 2. The summed E-state index contributed by atoms with van der Waals surface area (Å²) in [6.45, 7) is 13.4. The van der Waals surface area contributed by atoms with Crippen LogP contribution in [0.25, 0.3) is 0 Å². The standard InChI is InChI=1S/C21H40N4O3S.C2H6/c1-21(2,3)28-20(26)23-9-4-10-24-11-7-16(8-12-24)15-29(27)25-18-5-6-19(25)14-17(22)13-18;1-2/h16-19H,4-15,22H2,1-3H3,(H,23,26);1-2H3/t17?,18-,19+,29?;. The Morgan fingerprint density at radius 2 is 1.68 bits per heavy atom. The van der Waals surface area contributed by atoms with Crippen molar-refractivity contribution in [1.82, 2.24) is 14.5 Å². The van der Waals surface area contributed by atoms with Crippen molar-refractivity contribution in [1.29, 1.82) is 0 Å². The molecule has 2 unspecified atom stereocenters. The lowest BCUT2D eigenvalue weighted by molar-refractivity contribution is 0.0525. The number of nitrogens with two attached hydrogens (primary N) is 1. The van der Waals surface area contributed by atoms with Gasteiger partial charge in [-0.2, -0.15) is 0 Å². The predicted molar refractivity (Wildman–Crippen MR) is 128 cm³/mol. The van der Waals surface area contributed by atoms with Gasteiger partial charge in [0.05, 0.1) is 11.0 Å². The van der Waals surface area contributed by atoms with E-state index < -0.39 is 16.6 Å². The molecule has 0 radical (unpaired) electrons. The number of rotatable bonds is 7. The first kappa shape index (κ1) is 26.6. The number of likely N-dealkylation sites (tertiary alicyclic amines) is 1. The minimum atomic E-state index is -0.851. The average molecular weight is 459 g/mol. The zero-order valence-corrected chi connectivity index (χ0v) is 21.2. The second-order valence-corrected chi connectivity index (χ2v) is 11.4. The summed E-state index contributed by atoms with van der Waals surface area (Å²) < 4.78 is 20.6. The fraction of sp³-hybridized carbons (Fsp3) is 0.957. The van der Waals surface area contributed by atoms with Crippen LogP contribution in [0.1, 0.15) is 79.6 Å². The monoisotopic (exact) mass is 458 g/mol. The van der Waals surface area contributed by atoms with E-state index in [1.54, 1.807) is 0 Å². The fourth-order valence-electron chi connectivity index (χ4n) is 4.98. The van der Waals surface area contributed by atoms with Gasteiger partial charge in [-0.1, -0.05) is 13.8 Å². The maximum absolute atomic E-state index is 13.0. The predicted octanol–water partition coefficient (Wildman–Crippen LogP) is 3.26. The zero-order chi connectivity index (χ0) is 23.0. The van der Waals surface area contributed by atoms with Crippen molar-refractivity contribution in [2.75, 3.05) is 31.9 Å². The lowest BCUT2D eigenvalue weighted by atomic mass is 9.99. The summed E-state index contributed by atoms with van der Waals surface area (Å²) >= 11 is 0. The quantitative estimate of drug-likeness (QED) is 0.572. The Morgan fingerprint density at radius 3 is 2.23 bits per heavy atom. The summed E-state index contributed by atoms with van der Waals surface area (Å²) in [7, 11) is -0.851. The van der Waals surface area contributed by atoms with Crippen LogP contribution in [-0.2, 0) is 15.7 Å². The van der Waals surface area contributed by atoms with Crippen LogP contribution in [0.4, 0.5) is 4.79 Å². The maximum Gasteiger partial charge on any atom is 0.407 e. The summed E-state index contributed by atoms with van der Waals surface area (Å²) in [4.78, 5) is 14.1. The molecule has 0 saturated carbocycles. The Morgan fingerprint density at radius 1 is 1.10 bits per heavy atom. The van der Waals surface area contributed by atoms with E-state index in [0.717, 1.165) is 57.5 Å². The smallest absolute Gasteiger partial charge is 0.407 e. The van der Waals surface area contributed by atoms with Gasteiger partial charge in [-0.3, -0.25) is 0 Å². The van der Waals surface area contributed by atoms with E-state index in [9.17, 15) is 9.00 Å². The molecule has 3 aliphatic rings. The molecule has 0 aliphatic carbocycles. The third kappa shape index (κ3) is 8.63. The number of nitrogens with one attached hydrogen (secondary N) is 1. The Balaban J connectivity index is 0.00000166. The van der Waals surface area contributed by atoms with E-state index in [1.807, 2.05) is 34.6 Å². The van der Waals surface area contributed by atoms with Crippen LogP contribution in [-0.4, -0.2) is 75.2 Å². The van der Waals surface area contributed by atoms with Gasteiger partial charge in [-0.25, -0.2) is 13.3 Å². The lowest BCUT2D eigenvalue weighted by Gasteiger charge is -2.38.